The molecule has 1 amide bonds. The monoisotopic (exact) mass is 333 g/mol. The van der Waals surface area contributed by atoms with Crippen LogP contribution in [0.5, 0.6) is 0 Å². The molecule has 1 aromatic heterocycles. The number of carbonyl (C=O) groups excluding carboxylic acids is 1. The Labute approximate surface area is 133 Å². The van der Waals surface area contributed by atoms with Crippen molar-refractivity contribution in [2.45, 2.75) is 0 Å². The lowest BCUT2D eigenvalue weighted by molar-refractivity contribution is 0.208. The number of carbonyl (C=O) groups is 1. The number of nitrogens with two attached hydrogens (primary N) is 1. The van der Waals surface area contributed by atoms with Gasteiger partial charge in [-0.1, -0.05) is 0 Å². The summed E-state index contributed by atoms with van der Waals surface area (Å²) < 4.78 is 45.2. The lowest BCUT2D eigenvalue weighted by atomic mass is 10.0. The van der Waals surface area contributed by atoms with E-state index >= 15 is 0 Å². The van der Waals surface area contributed by atoms with Gasteiger partial charge >= 0.3 is 6.09 Å². The van der Waals surface area contributed by atoms with Crippen LogP contribution in [0.15, 0.2) is 36.4 Å². The molecule has 4 N–H and O–H groups in total. The molecule has 0 unspecified atom stereocenters. The summed E-state index contributed by atoms with van der Waals surface area (Å²) in [5.41, 5.74) is 5.32. The average Bonchev–Trinajstić information content (AvgIpc) is 2.87. The zero-order valence-electron chi connectivity index (χ0n) is 12.0. The van der Waals surface area contributed by atoms with E-state index in [-0.39, 0.29) is 22.2 Å². The molecule has 3 aromatic rings. The molecule has 0 saturated carbocycles. The lowest BCUT2D eigenvalue weighted by Crippen LogP contribution is -2.18. The molecular formula is C16H10F3N3O2. The van der Waals surface area contributed by atoms with E-state index in [9.17, 15) is 18.0 Å². The fourth-order valence-corrected chi connectivity index (χ4v) is 2.44. The van der Waals surface area contributed by atoms with Gasteiger partial charge in [-0.15, -0.1) is 0 Å². The largest absolute Gasteiger partial charge is 0.411 e. The fourth-order valence-electron chi connectivity index (χ4n) is 2.44. The third kappa shape index (κ3) is 2.69. The molecule has 8 heteroatoms. The smallest absolute Gasteiger partial charge is 0.391 e. The maximum Gasteiger partial charge on any atom is 0.411 e. The van der Waals surface area contributed by atoms with Crippen molar-refractivity contribution in [3.05, 3.63) is 59.4 Å². The van der Waals surface area contributed by atoms with Crippen LogP contribution in [0.25, 0.3) is 22.2 Å². The number of H-pyrrole nitrogens is 1. The molecule has 122 valence electrons. The Morgan fingerprint density at radius 1 is 1.08 bits per heavy atom. The molecule has 0 aliphatic heterocycles. The maximum absolute atomic E-state index is 14.0. The third-order valence-electron chi connectivity index (χ3n) is 3.39. The topological polar surface area (TPSA) is 92.0 Å². The van der Waals surface area contributed by atoms with Crippen LogP contribution in [0, 0.1) is 22.9 Å². The van der Waals surface area contributed by atoms with Gasteiger partial charge in [-0.05, 0) is 35.9 Å². The van der Waals surface area contributed by atoms with E-state index < -0.39 is 29.4 Å². The van der Waals surface area contributed by atoms with E-state index in [0.717, 1.165) is 6.07 Å². The Hall–Kier alpha value is -3.29. The molecule has 0 aliphatic carbocycles. The molecule has 0 bridgehead atoms. The van der Waals surface area contributed by atoms with Gasteiger partial charge in [0.15, 0.2) is 0 Å². The second-order valence-corrected chi connectivity index (χ2v) is 4.94. The number of benzene rings is 2. The van der Waals surface area contributed by atoms with E-state index in [1.807, 2.05) is 0 Å². The van der Waals surface area contributed by atoms with Crippen LogP contribution in [0.2, 0.25) is 0 Å². The average molecular weight is 333 g/mol. The zero-order valence-corrected chi connectivity index (χ0v) is 12.0. The number of fused-ring (bicyclic) bond motifs is 1. The third-order valence-corrected chi connectivity index (χ3v) is 3.39. The number of halogens is 3. The Morgan fingerprint density at radius 2 is 1.75 bits per heavy atom. The van der Waals surface area contributed by atoms with Crippen LogP contribution in [0.4, 0.5) is 18.0 Å². The van der Waals surface area contributed by atoms with E-state index in [1.165, 1.54) is 24.3 Å². The predicted molar refractivity (Wildman–Crippen MR) is 81.1 cm³/mol. The van der Waals surface area contributed by atoms with E-state index in [0.29, 0.717) is 11.6 Å². The number of nitrogens with one attached hydrogen (secondary N) is 2. The van der Waals surface area contributed by atoms with Crippen molar-refractivity contribution in [1.82, 2.24) is 4.98 Å². The molecule has 2 aromatic carbocycles. The van der Waals surface area contributed by atoms with Gasteiger partial charge in [0, 0.05) is 11.5 Å². The minimum Gasteiger partial charge on any atom is -0.391 e. The van der Waals surface area contributed by atoms with Crippen molar-refractivity contribution in [2.75, 3.05) is 0 Å². The van der Waals surface area contributed by atoms with E-state index in [2.05, 4.69) is 9.72 Å². The van der Waals surface area contributed by atoms with Crippen LogP contribution in [-0.4, -0.2) is 17.0 Å². The minimum absolute atomic E-state index is 0.00178. The summed E-state index contributed by atoms with van der Waals surface area (Å²) in [5.74, 6) is -2.92. The summed E-state index contributed by atoms with van der Waals surface area (Å²) in [6.07, 6.45) is -1.24. The van der Waals surface area contributed by atoms with Gasteiger partial charge in [0.05, 0.1) is 16.8 Å². The molecule has 1 heterocycles. The molecule has 0 atom stereocenters. The van der Waals surface area contributed by atoms with Crippen LogP contribution >= 0.6 is 0 Å². The number of hydrogen-bond donors (Lipinski definition) is 3. The molecule has 0 aliphatic rings. The molecule has 24 heavy (non-hydrogen) atoms. The number of rotatable bonds is 2. The Bertz CT molecular complexity index is 965. The number of amides is 1. The molecular weight excluding hydrogens is 323 g/mol. The van der Waals surface area contributed by atoms with Gasteiger partial charge in [0.25, 0.3) is 0 Å². The highest BCUT2D eigenvalue weighted by molar-refractivity contribution is 6.13. The van der Waals surface area contributed by atoms with Crippen molar-refractivity contribution < 1.29 is 22.7 Å². The Kier molecular flexibility index (Phi) is 3.72. The van der Waals surface area contributed by atoms with Crippen LogP contribution in [-0.2, 0) is 4.74 Å². The standard InChI is InChI=1S/C16H10F3N3O2/c17-8-3-1-7(2-4-8)13-12(15(20)24-16(21)23)10-5-9(18)6-11(19)14(10)22-13/h1-6,20,22H,(H2,21,23). The molecule has 0 fully saturated rings. The van der Waals surface area contributed by atoms with E-state index in [4.69, 9.17) is 11.1 Å². The summed E-state index contributed by atoms with van der Waals surface area (Å²) in [4.78, 5) is 13.6. The Morgan fingerprint density at radius 3 is 2.38 bits per heavy atom. The van der Waals surface area contributed by atoms with Crippen molar-refractivity contribution in [1.29, 1.82) is 5.41 Å². The van der Waals surface area contributed by atoms with Crippen molar-refractivity contribution in [3.63, 3.8) is 0 Å². The summed E-state index contributed by atoms with van der Waals surface area (Å²) in [5, 5.41) is 7.87. The molecule has 0 spiro atoms. The summed E-state index contributed by atoms with van der Waals surface area (Å²) in [7, 11) is 0. The first kappa shape index (κ1) is 15.6. The summed E-state index contributed by atoms with van der Waals surface area (Å²) in [6.45, 7) is 0. The SMILES string of the molecule is N=C(OC(N)=O)c1c(-c2ccc(F)cc2)[nH]c2c(F)cc(F)cc12. The molecule has 3 rings (SSSR count). The maximum atomic E-state index is 14.0. The van der Waals surface area contributed by atoms with Crippen LogP contribution in [0.1, 0.15) is 5.56 Å². The van der Waals surface area contributed by atoms with Gasteiger partial charge in [0.2, 0.25) is 5.90 Å². The van der Waals surface area contributed by atoms with Crippen molar-refractivity contribution >= 4 is 22.9 Å². The highest BCUT2D eigenvalue weighted by Crippen LogP contribution is 2.33. The van der Waals surface area contributed by atoms with Gasteiger partial charge in [-0.25, -0.2) is 18.0 Å². The quantitative estimate of drug-likeness (QED) is 0.493. The molecule has 0 saturated heterocycles. The van der Waals surface area contributed by atoms with Crippen LogP contribution < -0.4 is 5.73 Å². The predicted octanol–water partition coefficient (Wildman–Crippen LogP) is 3.67. The van der Waals surface area contributed by atoms with Crippen molar-refractivity contribution in [3.8, 4) is 11.3 Å². The summed E-state index contributed by atoms with van der Waals surface area (Å²) in [6, 6.07) is 6.77. The molecule has 5 nitrogen and oxygen atoms in total. The normalized spacial score (nSPS) is 10.8. The summed E-state index contributed by atoms with van der Waals surface area (Å²) >= 11 is 0. The number of aromatic nitrogens is 1. The Balaban J connectivity index is 2.31. The van der Waals surface area contributed by atoms with Gasteiger partial charge in [-0.2, -0.15) is 0 Å². The fraction of sp³-hybridized carbons (Fsp3) is 0. The number of primary amides is 1. The number of aromatic amines is 1. The highest BCUT2D eigenvalue weighted by Gasteiger charge is 2.22. The highest BCUT2D eigenvalue weighted by atomic mass is 19.1. The van der Waals surface area contributed by atoms with Gasteiger partial charge in [-0.3, -0.25) is 5.41 Å². The molecule has 0 radical (unpaired) electrons. The van der Waals surface area contributed by atoms with Gasteiger partial charge < -0.3 is 15.5 Å². The van der Waals surface area contributed by atoms with Crippen molar-refractivity contribution in [2.24, 2.45) is 5.73 Å². The first-order valence-electron chi connectivity index (χ1n) is 6.69. The second-order valence-electron chi connectivity index (χ2n) is 4.94. The van der Waals surface area contributed by atoms with Gasteiger partial charge in [0.1, 0.15) is 17.5 Å². The number of ether oxygens (including phenoxy) is 1. The second kappa shape index (κ2) is 5.73. The lowest BCUT2D eigenvalue weighted by Gasteiger charge is -2.06. The number of hydrogen-bond acceptors (Lipinski definition) is 3. The zero-order chi connectivity index (χ0) is 17.4. The first-order chi connectivity index (χ1) is 11.4. The van der Waals surface area contributed by atoms with E-state index in [1.54, 1.807) is 0 Å². The van der Waals surface area contributed by atoms with Crippen LogP contribution in [0.3, 0.4) is 0 Å². The first-order valence-corrected chi connectivity index (χ1v) is 6.69. The minimum atomic E-state index is -1.24.